The normalized spacial score (nSPS) is 14.1. The Morgan fingerprint density at radius 1 is 0.967 bits per heavy atom. The number of ether oxygens (including phenoxy) is 1. The molecule has 0 saturated carbocycles. The van der Waals surface area contributed by atoms with Gasteiger partial charge in [0.05, 0.1) is 5.69 Å². The minimum atomic E-state index is 0.00289. The van der Waals surface area contributed by atoms with Crippen molar-refractivity contribution in [1.82, 2.24) is 24.4 Å². The Morgan fingerprint density at radius 2 is 1.67 bits per heavy atom. The van der Waals surface area contributed by atoms with Gasteiger partial charge in [0.15, 0.2) is 6.61 Å². The molecule has 0 aliphatic carbocycles. The van der Waals surface area contributed by atoms with Crippen LogP contribution in [0.2, 0.25) is 0 Å². The number of imidazole rings is 1. The number of carbonyl (C=O) groups is 1. The van der Waals surface area contributed by atoms with E-state index in [2.05, 4.69) is 19.9 Å². The van der Waals surface area contributed by atoms with Crippen LogP contribution < -0.4 is 9.64 Å². The number of aromatic nitrogens is 4. The maximum absolute atomic E-state index is 12.5. The molecule has 0 unspecified atom stereocenters. The first-order valence-corrected chi connectivity index (χ1v) is 10.1. The van der Waals surface area contributed by atoms with Crippen LogP contribution in [0.25, 0.3) is 5.82 Å². The van der Waals surface area contributed by atoms with Crippen LogP contribution >= 0.6 is 0 Å². The van der Waals surface area contributed by atoms with Crippen LogP contribution in [0.1, 0.15) is 17.0 Å². The Balaban J connectivity index is 1.34. The van der Waals surface area contributed by atoms with Crippen molar-refractivity contribution in [3.63, 3.8) is 0 Å². The second-order valence-corrected chi connectivity index (χ2v) is 7.49. The van der Waals surface area contributed by atoms with E-state index in [1.54, 1.807) is 12.7 Å². The van der Waals surface area contributed by atoms with Gasteiger partial charge in [-0.25, -0.2) is 15.0 Å². The van der Waals surface area contributed by atoms with E-state index in [-0.39, 0.29) is 12.5 Å². The predicted molar refractivity (Wildman–Crippen MR) is 114 cm³/mol. The van der Waals surface area contributed by atoms with Gasteiger partial charge in [-0.3, -0.25) is 9.36 Å². The smallest absolute Gasteiger partial charge is 0.260 e. The van der Waals surface area contributed by atoms with Gasteiger partial charge in [-0.2, -0.15) is 0 Å². The van der Waals surface area contributed by atoms with Gasteiger partial charge < -0.3 is 14.5 Å². The Hall–Kier alpha value is -3.42. The average Bonchev–Trinajstić information content (AvgIpc) is 3.11. The van der Waals surface area contributed by atoms with Gasteiger partial charge in [-0.05, 0) is 32.9 Å². The summed E-state index contributed by atoms with van der Waals surface area (Å²) < 4.78 is 7.59. The molecule has 0 spiro atoms. The van der Waals surface area contributed by atoms with Crippen LogP contribution in [0, 0.1) is 20.8 Å². The van der Waals surface area contributed by atoms with Crippen LogP contribution in [-0.2, 0) is 4.79 Å². The number of aryl methyl sites for hydroxylation is 2. The summed E-state index contributed by atoms with van der Waals surface area (Å²) in [5.41, 5.74) is 3.20. The van der Waals surface area contributed by atoms with Crippen molar-refractivity contribution in [2.75, 3.05) is 37.7 Å². The summed E-state index contributed by atoms with van der Waals surface area (Å²) in [5.74, 6) is 2.37. The molecule has 1 aliphatic heterocycles. The molecule has 2 aromatic heterocycles. The molecule has 0 bridgehead atoms. The summed E-state index contributed by atoms with van der Waals surface area (Å²) in [6.45, 7) is 8.78. The number of carbonyl (C=O) groups excluding carboxylic acids is 1. The summed E-state index contributed by atoms with van der Waals surface area (Å²) in [7, 11) is 0. The Labute approximate surface area is 176 Å². The summed E-state index contributed by atoms with van der Waals surface area (Å²) in [5, 5.41) is 0. The van der Waals surface area contributed by atoms with Crippen molar-refractivity contribution in [3.05, 3.63) is 59.9 Å². The molecule has 8 nitrogen and oxygen atoms in total. The summed E-state index contributed by atoms with van der Waals surface area (Å²) in [4.78, 5) is 29.7. The second-order valence-electron chi connectivity index (χ2n) is 7.49. The van der Waals surface area contributed by atoms with E-state index in [4.69, 9.17) is 4.74 Å². The van der Waals surface area contributed by atoms with Crippen LogP contribution in [-0.4, -0.2) is 63.1 Å². The van der Waals surface area contributed by atoms with Gasteiger partial charge in [0.25, 0.3) is 5.91 Å². The molecule has 0 N–H and O–H groups in total. The molecule has 8 heteroatoms. The van der Waals surface area contributed by atoms with Crippen molar-refractivity contribution in [2.24, 2.45) is 0 Å². The maximum Gasteiger partial charge on any atom is 0.260 e. The summed E-state index contributed by atoms with van der Waals surface area (Å²) >= 11 is 0. The van der Waals surface area contributed by atoms with E-state index < -0.39 is 0 Å². The molecular weight excluding hydrogens is 380 g/mol. The fourth-order valence-corrected chi connectivity index (χ4v) is 3.43. The molecule has 1 saturated heterocycles. The highest BCUT2D eigenvalue weighted by molar-refractivity contribution is 5.78. The first-order valence-electron chi connectivity index (χ1n) is 10.1. The van der Waals surface area contributed by atoms with Gasteiger partial charge >= 0.3 is 0 Å². The van der Waals surface area contributed by atoms with E-state index in [0.717, 1.165) is 28.6 Å². The fourth-order valence-electron chi connectivity index (χ4n) is 3.43. The standard InChI is InChI=1S/C22H26N6O2/c1-16-4-6-19(7-5-16)30-13-22(29)27-10-8-26(9-11-27)20-12-21(24-14-23-20)28-15-25-17(2)18(28)3/h4-7,12,14-15H,8-11,13H2,1-3H3. The number of rotatable bonds is 5. The third kappa shape index (κ3) is 4.27. The highest BCUT2D eigenvalue weighted by atomic mass is 16.5. The third-order valence-electron chi connectivity index (χ3n) is 5.48. The molecule has 1 aromatic carbocycles. The first-order chi connectivity index (χ1) is 14.5. The molecule has 3 heterocycles. The molecule has 1 aliphatic rings. The van der Waals surface area contributed by atoms with E-state index in [1.165, 1.54) is 0 Å². The topological polar surface area (TPSA) is 76.4 Å². The fraction of sp³-hybridized carbons (Fsp3) is 0.364. The lowest BCUT2D eigenvalue weighted by Gasteiger charge is -2.35. The van der Waals surface area contributed by atoms with E-state index in [1.807, 2.05) is 60.6 Å². The van der Waals surface area contributed by atoms with Gasteiger partial charge in [0.2, 0.25) is 0 Å². The molecule has 1 amide bonds. The van der Waals surface area contributed by atoms with Crippen LogP contribution in [0.4, 0.5) is 5.82 Å². The maximum atomic E-state index is 12.5. The van der Waals surface area contributed by atoms with Gasteiger partial charge in [-0.15, -0.1) is 0 Å². The monoisotopic (exact) mass is 406 g/mol. The first kappa shape index (κ1) is 19.9. The van der Waals surface area contributed by atoms with Crippen molar-refractivity contribution < 1.29 is 9.53 Å². The largest absolute Gasteiger partial charge is 0.484 e. The molecule has 156 valence electrons. The van der Waals surface area contributed by atoms with Crippen molar-refractivity contribution in [2.45, 2.75) is 20.8 Å². The molecule has 3 aromatic rings. The van der Waals surface area contributed by atoms with Crippen LogP contribution in [0.3, 0.4) is 0 Å². The van der Waals surface area contributed by atoms with Crippen molar-refractivity contribution >= 4 is 11.7 Å². The highest BCUT2D eigenvalue weighted by Crippen LogP contribution is 2.18. The number of hydrogen-bond acceptors (Lipinski definition) is 6. The molecule has 1 fully saturated rings. The lowest BCUT2D eigenvalue weighted by Crippen LogP contribution is -2.50. The summed E-state index contributed by atoms with van der Waals surface area (Å²) in [6.07, 6.45) is 3.35. The highest BCUT2D eigenvalue weighted by Gasteiger charge is 2.22. The quantitative estimate of drug-likeness (QED) is 0.647. The number of nitrogens with zero attached hydrogens (tertiary/aromatic N) is 6. The number of anilines is 1. The van der Waals surface area contributed by atoms with Gasteiger partial charge in [0, 0.05) is 37.9 Å². The molecule has 4 rings (SSSR count). The van der Waals surface area contributed by atoms with Gasteiger partial charge in [0.1, 0.15) is 30.0 Å². The Bertz CT molecular complexity index is 1020. The SMILES string of the molecule is Cc1ccc(OCC(=O)N2CCN(c3cc(-n4cnc(C)c4C)ncn3)CC2)cc1. The van der Waals surface area contributed by atoms with E-state index in [0.29, 0.717) is 31.9 Å². The number of piperazine rings is 1. The number of benzene rings is 1. The van der Waals surface area contributed by atoms with Crippen molar-refractivity contribution in [3.8, 4) is 11.6 Å². The predicted octanol–water partition coefficient (Wildman–Crippen LogP) is 2.32. The summed E-state index contributed by atoms with van der Waals surface area (Å²) in [6, 6.07) is 9.68. The molecular formula is C22H26N6O2. The van der Waals surface area contributed by atoms with Crippen LogP contribution in [0.15, 0.2) is 43.0 Å². The lowest BCUT2D eigenvalue weighted by atomic mass is 10.2. The average molecular weight is 406 g/mol. The molecule has 0 radical (unpaired) electrons. The Kier molecular flexibility index (Phi) is 5.65. The second kappa shape index (κ2) is 8.52. The molecule has 0 atom stereocenters. The van der Waals surface area contributed by atoms with E-state index in [9.17, 15) is 4.79 Å². The molecule has 30 heavy (non-hydrogen) atoms. The number of amides is 1. The zero-order valence-corrected chi connectivity index (χ0v) is 17.6. The lowest BCUT2D eigenvalue weighted by molar-refractivity contribution is -0.133. The van der Waals surface area contributed by atoms with Gasteiger partial charge in [-0.1, -0.05) is 17.7 Å². The zero-order chi connectivity index (χ0) is 21.1. The zero-order valence-electron chi connectivity index (χ0n) is 17.6. The van der Waals surface area contributed by atoms with Crippen molar-refractivity contribution in [1.29, 1.82) is 0 Å². The minimum absolute atomic E-state index is 0.00289. The minimum Gasteiger partial charge on any atom is -0.484 e. The van der Waals surface area contributed by atoms with E-state index >= 15 is 0 Å². The third-order valence-corrected chi connectivity index (χ3v) is 5.48. The Morgan fingerprint density at radius 3 is 2.33 bits per heavy atom. The number of hydrogen-bond donors (Lipinski definition) is 0. The van der Waals surface area contributed by atoms with Crippen LogP contribution in [0.5, 0.6) is 5.75 Å².